The van der Waals surface area contributed by atoms with Crippen LogP contribution in [0.4, 0.5) is 0 Å². The lowest BCUT2D eigenvalue weighted by Gasteiger charge is -2.36. The van der Waals surface area contributed by atoms with Crippen molar-refractivity contribution >= 4 is 11.8 Å². The number of amides is 2. The zero-order chi connectivity index (χ0) is 13.9. The van der Waals surface area contributed by atoms with Crippen LogP contribution in [0.15, 0.2) is 0 Å². The summed E-state index contributed by atoms with van der Waals surface area (Å²) in [5.41, 5.74) is -0.351. The zero-order valence-electron chi connectivity index (χ0n) is 11.9. The smallest absolute Gasteiger partial charge is 0.226 e. The molecular weight excluding hydrogens is 242 g/mol. The summed E-state index contributed by atoms with van der Waals surface area (Å²) in [6, 6.07) is 0.108. The second-order valence-corrected chi connectivity index (χ2v) is 6.28. The van der Waals surface area contributed by atoms with Crippen LogP contribution in [-0.4, -0.2) is 37.5 Å². The van der Waals surface area contributed by atoms with E-state index >= 15 is 0 Å². The minimum absolute atomic E-state index is 0.0926. The van der Waals surface area contributed by atoms with E-state index in [4.69, 9.17) is 0 Å². The van der Waals surface area contributed by atoms with Gasteiger partial charge in [-0.3, -0.25) is 9.59 Å². The quantitative estimate of drug-likeness (QED) is 0.691. The number of carbonyl (C=O) groups is 2. The van der Waals surface area contributed by atoms with Crippen LogP contribution in [0.1, 0.15) is 39.5 Å². The average molecular weight is 267 g/mol. The summed E-state index contributed by atoms with van der Waals surface area (Å²) in [6.45, 7) is 6.57. The molecule has 19 heavy (non-hydrogen) atoms. The Balaban J connectivity index is 1.82. The second-order valence-electron chi connectivity index (χ2n) is 6.28. The Kier molecular flexibility index (Phi) is 4.45. The Hall–Kier alpha value is -1.10. The van der Waals surface area contributed by atoms with Crippen LogP contribution in [-0.2, 0) is 9.59 Å². The maximum absolute atomic E-state index is 12.4. The minimum Gasteiger partial charge on any atom is -0.354 e. The van der Waals surface area contributed by atoms with Crippen LogP contribution in [0.2, 0.25) is 0 Å². The Bertz CT molecular complexity index is 349. The molecule has 5 nitrogen and oxygen atoms in total. The van der Waals surface area contributed by atoms with Crippen molar-refractivity contribution in [2.24, 2.45) is 11.3 Å². The van der Waals surface area contributed by atoms with Crippen LogP contribution in [0.3, 0.4) is 0 Å². The van der Waals surface area contributed by atoms with E-state index in [1.807, 2.05) is 13.8 Å². The molecule has 2 amide bonds. The number of nitrogens with one attached hydrogen (secondary N) is 3. The van der Waals surface area contributed by atoms with E-state index in [9.17, 15) is 9.59 Å². The molecule has 0 radical (unpaired) electrons. The molecular formula is C14H25N3O2. The molecule has 2 atom stereocenters. The lowest BCUT2D eigenvalue weighted by atomic mass is 9.74. The molecule has 2 saturated heterocycles. The van der Waals surface area contributed by atoms with Gasteiger partial charge in [0.25, 0.3) is 0 Å². The van der Waals surface area contributed by atoms with Crippen molar-refractivity contribution < 1.29 is 9.59 Å². The first-order valence-corrected chi connectivity index (χ1v) is 7.28. The lowest BCUT2D eigenvalue weighted by Crippen LogP contribution is -2.49. The highest BCUT2D eigenvalue weighted by Crippen LogP contribution is 2.31. The summed E-state index contributed by atoms with van der Waals surface area (Å²) in [6.07, 6.45) is 3.65. The van der Waals surface area contributed by atoms with Gasteiger partial charge in [0.05, 0.1) is 0 Å². The lowest BCUT2D eigenvalue weighted by molar-refractivity contribution is -0.132. The van der Waals surface area contributed by atoms with Gasteiger partial charge >= 0.3 is 0 Å². The number of rotatable bonds is 4. The molecule has 0 aliphatic carbocycles. The highest BCUT2D eigenvalue weighted by molar-refractivity contribution is 5.82. The van der Waals surface area contributed by atoms with Gasteiger partial charge in [0.1, 0.15) is 0 Å². The zero-order valence-corrected chi connectivity index (χ0v) is 11.9. The molecule has 0 aromatic carbocycles. The summed E-state index contributed by atoms with van der Waals surface area (Å²) >= 11 is 0. The van der Waals surface area contributed by atoms with Crippen molar-refractivity contribution in [2.75, 3.05) is 19.6 Å². The van der Waals surface area contributed by atoms with Crippen LogP contribution in [0.5, 0.6) is 0 Å². The van der Waals surface area contributed by atoms with E-state index in [2.05, 4.69) is 16.0 Å². The molecule has 2 unspecified atom stereocenters. The maximum Gasteiger partial charge on any atom is 0.226 e. The van der Waals surface area contributed by atoms with Crippen LogP contribution in [0, 0.1) is 11.3 Å². The third kappa shape index (κ3) is 3.47. The Morgan fingerprint density at radius 2 is 2.21 bits per heavy atom. The molecule has 0 spiro atoms. The normalized spacial score (nSPS) is 28.0. The predicted molar refractivity (Wildman–Crippen MR) is 73.5 cm³/mol. The number of hydrogen-bond donors (Lipinski definition) is 3. The van der Waals surface area contributed by atoms with E-state index in [0.717, 1.165) is 32.4 Å². The fraction of sp³-hybridized carbons (Fsp3) is 0.857. The SMILES string of the molecule is CC(C)(C(=O)NCC1CCC(=O)N1)C1CCCNC1. The van der Waals surface area contributed by atoms with Gasteiger partial charge in [0, 0.05) is 24.4 Å². The Morgan fingerprint density at radius 3 is 2.79 bits per heavy atom. The molecule has 3 N–H and O–H groups in total. The number of hydrogen-bond acceptors (Lipinski definition) is 3. The van der Waals surface area contributed by atoms with Crippen molar-refractivity contribution in [2.45, 2.75) is 45.6 Å². The molecule has 108 valence electrons. The Morgan fingerprint density at radius 1 is 1.42 bits per heavy atom. The van der Waals surface area contributed by atoms with Gasteiger partial charge in [0.15, 0.2) is 0 Å². The molecule has 2 aliphatic rings. The molecule has 2 aliphatic heterocycles. The topological polar surface area (TPSA) is 70.2 Å². The predicted octanol–water partition coefficient (Wildman–Crippen LogP) is 0.407. The molecule has 0 aromatic rings. The van der Waals surface area contributed by atoms with Crippen molar-refractivity contribution in [1.82, 2.24) is 16.0 Å². The Labute approximate surface area is 114 Å². The maximum atomic E-state index is 12.4. The van der Waals surface area contributed by atoms with Crippen molar-refractivity contribution in [1.29, 1.82) is 0 Å². The van der Waals surface area contributed by atoms with E-state index in [0.29, 0.717) is 18.9 Å². The van der Waals surface area contributed by atoms with Crippen molar-refractivity contribution in [3.8, 4) is 0 Å². The number of carbonyl (C=O) groups excluding carboxylic acids is 2. The van der Waals surface area contributed by atoms with E-state index < -0.39 is 0 Å². The fourth-order valence-corrected chi connectivity index (χ4v) is 2.93. The summed E-state index contributed by atoms with van der Waals surface area (Å²) in [5, 5.41) is 9.24. The molecule has 5 heteroatoms. The standard InChI is InChI=1S/C14H25N3O2/c1-14(2,10-4-3-7-15-8-10)13(19)16-9-11-5-6-12(18)17-11/h10-11,15H,3-9H2,1-2H3,(H,16,19)(H,17,18). The molecule has 2 heterocycles. The summed E-state index contributed by atoms with van der Waals surface area (Å²) in [4.78, 5) is 23.5. The minimum atomic E-state index is -0.351. The number of piperidine rings is 1. The average Bonchev–Trinajstić information content (AvgIpc) is 2.82. The second kappa shape index (κ2) is 5.90. The third-order valence-electron chi connectivity index (χ3n) is 4.50. The molecule has 0 bridgehead atoms. The first-order chi connectivity index (χ1) is 9.00. The molecule has 0 aromatic heterocycles. The van der Waals surface area contributed by atoms with E-state index in [-0.39, 0.29) is 23.3 Å². The fourth-order valence-electron chi connectivity index (χ4n) is 2.93. The molecule has 2 fully saturated rings. The van der Waals surface area contributed by atoms with Crippen molar-refractivity contribution in [3.63, 3.8) is 0 Å². The first-order valence-electron chi connectivity index (χ1n) is 7.28. The van der Waals surface area contributed by atoms with Gasteiger partial charge in [-0.1, -0.05) is 13.8 Å². The molecule has 0 saturated carbocycles. The largest absolute Gasteiger partial charge is 0.354 e. The van der Waals surface area contributed by atoms with Gasteiger partial charge in [-0.2, -0.15) is 0 Å². The third-order valence-corrected chi connectivity index (χ3v) is 4.50. The van der Waals surface area contributed by atoms with Crippen LogP contribution >= 0.6 is 0 Å². The van der Waals surface area contributed by atoms with Gasteiger partial charge in [0.2, 0.25) is 11.8 Å². The monoisotopic (exact) mass is 267 g/mol. The van der Waals surface area contributed by atoms with Gasteiger partial charge in [-0.25, -0.2) is 0 Å². The summed E-state index contributed by atoms with van der Waals surface area (Å²) in [7, 11) is 0. The highest BCUT2D eigenvalue weighted by atomic mass is 16.2. The summed E-state index contributed by atoms with van der Waals surface area (Å²) in [5.74, 6) is 0.580. The first kappa shape index (κ1) is 14.3. The van der Waals surface area contributed by atoms with E-state index in [1.54, 1.807) is 0 Å². The molecule has 2 rings (SSSR count). The van der Waals surface area contributed by atoms with Crippen LogP contribution < -0.4 is 16.0 Å². The summed E-state index contributed by atoms with van der Waals surface area (Å²) < 4.78 is 0. The van der Waals surface area contributed by atoms with Gasteiger partial charge < -0.3 is 16.0 Å². The highest BCUT2D eigenvalue weighted by Gasteiger charge is 2.37. The van der Waals surface area contributed by atoms with Gasteiger partial charge in [-0.05, 0) is 38.3 Å². The van der Waals surface area contributed by atoms with E-state index in [1.165, 1.54) is 0 Å². The van der Waals surface area contributed by atoms with Crippen molar-refractivity contribution in [3.05, 3.63) is 0 Å². The van der Waals surface area contributed by atoms with Crippen LogP contribution in [0.25, 0.3) is 0 Å². The van der Waals surface area contributed by atoms with Gasteiger partial charge in [-0.15, -0.1) is 0 Å².